The van der Waals surface area contributed by atoms with Crippen LogP contribution in [0.15, 0.2) is 54.4 Å². The summed E-state index contributed by atoms with van der Waals surface area (Å²) in [6.07, 6.45) is 2.54. The van der Waals surface area contributed by atoms with Crippen LogP contribution in [0.4, 0.5) is 5.13 Å². The lowest BCUT2D eigenvalue weighted by Crippen LogP contribution is -2.20. The van der Waals surface area contributed by atoms with Gasteiger partial charge in [0.05, 0.1) is 27.0 Å². The Hall–Kier alpha value is -3.52. The Kier molecular flexibility index (Phi) is 7.50. The fourth-order valence-corrected chi connectivity index (χ4v) is 3.62. The Balaban J connectivity index is 1.65. The highest BCUT2D eigenvalue weighted by Crippen LogP contribution is 2.35. The summed E-state index contributed by atoms with van der Waals surface area (Å²) in [7, 11) is 4.75. The van der Waals surface area contributed by atoms with Crippen molar-refractivity contribution in [3.8, 4) is 34.3 Å². The van der Waals surface area contributed by atoms with Crippen LogP contribution in [-0.4, -0.2) is 38.8 Å². The molecule has 0 aliphatic heterocycles. The van der Waals surface area contributed by atoms with Crippen molar-refractivity contribution >= 4 is 22.4 Å². The number of hydrogen-bond acceptors (Lipinski definition) is 7. The summed E-state index contributed by atoms with van der Waals surface area (Å²) in [5.74, 6) is 2.09. The number of aromatic nitrogens is 1. The van der Waals surface area contributed by atoms with Crippen LogP contribution in [0.3, 0.4) is 0 Å². The molecule has 1 aromatic heterocycles. The van der Waals surface area contributed by atoms with E-state index in [1.165, 1.54) is 11.3 Å². The molecule has 162 valence electrons. The summed E-state index contributed by atoms with van der Waals surface area (Å²) in [5, 5.41) is 5.06. The lowest BCUT2D eigenvalue weighted by atomic mass is 10.1. The molecule has 0 radical (unpaired) electrons. The van der Waals surface area contributed by atoms with Gasteiger partial charge >= 0.3 is 0 Å². The summed E-state index contributed by atoms with van der Waals surface area (Å²) in [6, 6.07) is 11.0. The van der Waals surface area contributed by atoms with Gasteiger partial charge in [0.2, 0.25) is 0 Å². The van der Waals surface area contributed by atoms with Crippen LogP contribution in [-0.2, 0) is 11.2 Å². The molecule has 8 heteroatoms. The van der Waals surface area contributed by atoms with Gasteiger partial charge in [-0.15, -0.1) is 17.9 Å². The van der Waals surface area contributed by atoms with E-state index in [-0.39, 0.29) is 12.5 Å². The van der Waals surface area contributed by atoms with Crippen molar-refractivity contribution in [3.63, 3.8) is 0 Å². The molecule has 0 aliphatic carbocycles. The third-order valence-electron chi connectivity index (χ3n) is 4.40. The van der Waals surface area contributed by atoms with Gasteiger partial charge in [0.1, 0.15) is 11.5 Å². The molecule has 31 heavy (non-hydrogen) atoms. The topological polar surface area (TPSA) is 78.9 Å². The minimum Gasteiger partial charge on any atom is -0.497 e. The number of carbonyl (C=O) groups is 1. The Morgan fingerprint density at radius 2 is 1.84 bits per heavy atom. The zero-order valence-corrected chi connectivity index (χ0v) is 18.5. The summed E-state index contributed by atoms with van der Waals surface area (Å²) in [5.41, 5.74) is 2.50. The van der Waals surface area contributed by atoms with Crippen LogP contribution in [0.25, 0.3) is 11.3 Å². The predicted molar refractivity (Wildman–Crippen MR) is 122 cm³/mol. The first-order chi connectivity index (χ1) is 15.1. The molecule has 0 aliphatic rings. The molecule has 0 atom stereocenters. The molecule has 0 unspecified atom stereocenters. The van der Waals surface area contributed by atoms with Crippen LogP contribution in [0.1, 0.15) is 5.56 Å². The average Bonchev–Trinajstić information content (AvgIpc) is 3.26. The molecular weight excluding hydrogens is 416 g/mol. The van der Waals surface area contributed by atoms with Gasteiger partial charge in [0.15, 0.2) is 23.2 Å². The smallest absolute Gasteiger partial charge is 0.264 e. The normalized spacial score (nSPS) is 10.3. The number of methoxy groups -OCH3 is 3. The fraction of sp³-hybridized carbons (Fsp3) is 0.217. The van der Waals surface area contributed by atoms with E-state index < -0.39 is 0 Å². The molecule has 0 saturated carbocycles. The third kappa shape index (κ3) is 5.55. The molecule has 2 aromatic carbocycles. The van der Waals surface area contributed by atoms with Crippen molar-refractivity contribution < 1.29 is 23.7 Å². The molecule has 0 fully saturated rings. The van der Waals surface area contributed by atoms with Crippen molar-refractivity contribution in [1.82, 2.24) is 4.98 Å². The van der Waals surface area contributed by atoms with Crippen LogP contribution < -0.4 is 24.3 Å². The number of thiazole rings is 1. The molecular formula is C23H24N2O5S. The van der Waals surface area contributed by atoms with Gasteiger partial charge < -0.3 is 18.9 Å². The number of hydrogen-bond donors (Lipinski definition) is 1. The maximum absolute atomic E-state index is 12.4. The lowest BCUT2D eigenvalue weighted by Gasteiger charge is -2.11. The van der Waals surface area contributed by atoms with Gasteiger partial charge in [-0.1, -0.05) is 12.1 Å². The second-order valence-electron chi connectivity index (χ2n) is 6.42. The quantitative estimate of drug-likeness (QED) is 0.465. The van der Waals surface area contributed by atoms with Gasteiger partial charge in [0, 0.05) is 10.9 Å². The summed E-state index contributed by atoms with van der Waals surface area (Å²) < 4.78 is 21.7. The van der Waals surface area contributed by atoms with E-state index in [4.69, 9.17) is 18.9 Å². The van der Waals surface area contributed by atoms with E-state index >= 15 is 0 Å². The molecule has 7 nitrogen and oxygen atoms in total. The van der Waals surface area contributed by atoms with Crippen LogP contribution >= 0.6 is 11.3 Å². The number of rotatable bonds is 10. The van der Waals surface area contributed by atoms with Gasteiger partial charge in [-0.3, -0.25) is 10.1 Å². The summed E-state index contributed by atoms with van der Waals surface area (Å²) >= 11 is 1.31. The molecule has 3 aromatic rings. The number of nitrogens with one attached hydrogen (secondary N) is 1. The molecule has 1 amide bonds. The number of allylic oxidation sites excluding steroid dienone is 1. The first kappa shape index (κ1) is 22.2. The van der Waals surface area contributed by atoms with Crippen molar-refractivity contribution in [2.75, 3.05) is 33.3 Å². The lowest BCUT2D eigenvalue weighted by molar-refractivity contribution is -0.118. The molecule has 0 saturated heterocycles. The largest absolute Gasteiger partial charge is 0.497 e. The Morgan fingerprint density at radius 1 is 1.06 bits per heavy atom. The first-order valence-corrected chi connectivity index (χ1v) is 10.3. The number of amides is 1. The first-order valence-electron chi connectivity index (χ1n) is 9.46. The number of carbonyl (C=O) groups excluding carboxylic acids is 1. The SMILES string of the molecule is C=CCc1ccc(OCC(=O)Nc2nc(-c3cc(OC)ccc3OC)cs2)c(OC)c1. The van der Waals surface area contributed by atoms with E-state index in [1.807, 2.05) is 41.8 Å². The second-order valence-corrected chi connectivity index (χ2v) is 7.28. The maximum atomic E-state index is 12.4. The summed E-state index contributed by atoms with van der Waals surface area (Å²) in [4.78, 5) is 16.8. The van der Waals surface area contributed by atoms with Crippen LogP contribution in [0.2, 0.25) is 0 Å². The number of benzene rings is 2. The molecule has 0 spiro atoms. The Bertz CT molecular complexity index is 1060. The number of anilines is 1. The van der Waals surface area contributed by atoms with Crippen LogP contribution in [0, 0.1) is 0 Å². The number of nitrogens with zero attached hydrogens (tertiary/aromatic N) is 1. The van der Waals surface area contributed by atoms with Gasteiger partial charge in [-0.2, -0.15) is 0 Å². The average molecular weight is 441 g/mol. The van der Waals surface area contributed by atoms with Crippen molar-refractivity contribution in [2.24, 2.45) is 0 Å². The van der Waals surface area contributed by atoms with E-state index in [0.717, 1.165) is 17.5 Å². The minimum absolute atomic E-state index is 0.172. The molecule has 3 rings (SSSR count). The Labute approximate surface area is 185 Å². The zero-order valence-electron chi connectivity index (χ0n) is 17.6. The molecule has 1 heterocycles. The van der Waals surface area contributed by atoms with E-state index in [2.05, 4.69) is 16.9 Å². The highest BCUT2D eigenvalue weighted by atomic mass is 32.1. The van der Waals surface area contributed by atoms with E-state index in [9.17, 15) is 4.79 Å². The fourth-order valence-electron chi connectivity index (χ4n) is 2.89. The zero-order chi connectivity index (χ0) is 22.2. The third-order valence-corrected chi connectivity index (χ3v) is 5.16. The van der Waals surface area contributed by atoms with Gasteiger partial charge in [-0.05, 0) is 42.3 Å². The maximum Gasteiger partial charge on any atom is 0.264 e. The van der Waals surface area contributed by atoms with E-state index in [1.54, 1.807) is 27.4 Å². The predicted octanol–water partition coefficient (Wildman–Crippen LogP) is 4.58. The highest BCUT2D eigenvalue weighted by Gasteiger charge is 2.14. The monoisotopic (exact) mass is 440 g/mol. The standard InChI is InChI=1S/C23H24N2O5S/c1-5-6-15-7-9-20(21(11-15)29-4)30-13-22(26)25-23-24-18(14-31-23)17-12-16(27-2)8-10-19(17)28-3/h5,7-12,14H,1,6,13H2,2-4H3,(H,24,25,26). The summed E-state index contributed by atoms with van der Waals surface area (Å²) in [6.45, 7) is 3.56. The highest BCUT2D eigenvalue weighted by molar-refractivity contribution is 7.14. The van der Waals surface area contributed by atoms with Crippen molar-refractivity contribution in [1.29, 1.82) is 0 Å². The van der Waals surface area contributed by atoms with Crippen molar-refractivity contribution in [3.05, 3.63) is 60.0 Å². The minimum atomic E-state index is -0.323. The van der Waals surface area contributed by atoms with E-state index in [0.29, 0.717) is 33.8 Å². The van der Waals surface area contributed by atoms with Gasteiger partial charge in [0.25, 0.3) is 5.91 Å². The second kappa shape index (κ2) is 10.5. The number of ether oxygens (including phenoxy) is 4. The van der Waals surface area contributed by atoms with Crippen LogP contribution in [0.5, 0.6) is 23.0 Å². The molecule has 1 N–H and O–H groups in total. The van der Waals surface area contributed by atoms with Crippen molar-refractivity contribution in [2.45, 2.75) is 6.42 Å². The van der Waals surface area contributed by atoms with Gasteiger partial charge in [-0.25, -0.2) is 4.98 Å². The Morgan fingerprint density at radius 3 is 2.55 bits per heavy atom. The molecule has 0 bridgehead atoms.